The highest BCUT2D eigenvalue weighted by molar-refractivity contribution is 5.67. The van der Waals surface area contributed by atoms with E-state index < -0.39 is 5.97 Å². The summed E-state index contributed by atoms with van der Waals surface area (Å²) in [4.78, 5) is 10.6. The van der Waals surface area contributed by atoms with Crippen molar-refractivity contribution >= 4 is 5.97 Å². The molecule has 0 bridgehead atoms. The molecule has 0 amide bonds. The summed E-state index contributed by atoms with van der Waals surface area (Å²) in [5.74, 6) is 0.493. The fourth-order valence-corrected chi connectivity index (χ4v) is 2.69. The van der Waals surface area contributed by atoms with Gasteiger partial charge in [0.15, 0.2) is 0 Å². The second-order valence-corrected chi connectivity index (χ2v) is 4.91. The third-order valence-electron chi connectivity index (χ3n) is 3.67. The highest BCUT2D eigenvalue weighted by atomic mass is 16.4. The van der Waals surface area contributed by atoms with Crippen LogP contribution in [0.1, 0.15) is 43.6 Å². The van der Waals surface area contributed by atoms with Crippen molar-refractivity contribution in [3.63, 3.8) is 0 Å². The van der Waals surface area contributed by atoms with Crippen LogP contribution in [0.15, 0.2) is 24.3 Å². The van der Waals surface area contributed by atoms with E-state index in [2.05, 4.69) is 0 Å². The number of rotatable bonds is 3. The summed E-state index contributed by atoms with van der Waals surface area (Å²) in [5.41, 5.74) is 1.26. The number of aromatic hydroxyl groups is 1. The maximum atomic E-state index is 10.6. The molecular weight excluding hydrogens is 216 g/mol. The Morgan fingerprint density at radius 2 is 1.71 bits per heavy atom. The van der Waals surface area contributed by atoms with Crippen molar-refractivity contribution in [3.8, 4) is 5.75 Å². The molecule has 0 unspecified atom stereocenters. The molecule has 0 saturated heterocycles. The van der Waals surface area contributed by atoms with E-state index in [1.54, 1.807) is 12.1 Å². The van der Waals surface area contributed by atoms with Gasteiger partial charge in [-0.3, -0.25) is 4.79 Å². The molecule has 3 heteroatoms. The van der Waals surface area contributed by atoms with E-state index in [1.807, 2.05) is 12.1 Å². The van der Waals surface area contributed by atoms with Crippen molar-refractivity contribution < 1.29 is 15.0 Å². The van der Waals surface area contributed by atoms with Gasteiger partial charge in [-0.15, -0.1) is 0 Å². The molecule has 0 radical (unpaired) electrons. The minimum Gasteiger partial charge on any atom is -0.508 e. The van der Waals surface area contributed by atoms with Crippen LogP contribution in [0.2, 0.25) is 0 Å². The average molecular weight is 234 g/mol. The van der Waals surface area contributed by atoms with Crippen LogP contribution in [0.25, 0.3) is 0 Å². The van der Waals surface area contributed by atoms with Gasteiger partial charge in [0.25, 0.3) is 0 Å². The number of carboxylic acid groups (broad SMARTS) is 1. The summed E-state index contributed by atoms with van der Waals surface area (Å²) in [6.07, 6.45) is 4.42. The molecule has 1 aromatic carbocycles. The molecule has 17 heavy (non-hydrogen) atoms. The molecule has 1 aliphatic carbocycles. The number of benzene rings is 1. The molecule has 1 fully saturated rings. The number of hydrogen-bond acceptors (Lipinski definition) is 2. The van der Waals surface area contributed by atoms with Gasteiger partial charge in [-0.25, -0.2) is 0 Å². The zero-order valence-electron chi connectivity index (χ0n) is 9.80. The molecule has 2 rings (SSSR count). The minimum absolute atomic E-state index is 0.299. The van der Waals surface area contributed by atoms with Crippen molar-refractivity contribution in [2.24, 2.45) is 5.92 Å². The van der Waals surface area contributed by atoms with Crippen molar-refractivity contribution in [2.45, 2.75) is 38.0 Å². The van der Waals surface area contributed by atoms with Crippen molar-refractivity contribution in [2.75, 3.05) is 0 Å². The molecule has 1 aromatic rings. The third kappa shape index (κ3) is 3.22. The monoisotopic (exact) mass is 234 g/mol. The third-order valence-corrected chi connectivity index (χ3v) is 3.67. The fourth-order valence-electron chi connectivity index (χ4n) is 2.69. The molecule has 0 aliphatic heterocycles. The first kappa shape index (κ1) is 12.0. The Bertz CT molecular complexity index is 375. The van der Waals surface area contributed by atoms with Crippen LogP contribution < -0.4 is 0 Å². The zero-order chi connectivity index (χ0) is 12.3. The van der Waals surface area contributed by atoms with Crippen molar-refractivity contribution in [3.05, 3.63) is 29.8 Å². The Balaban J connectivity index is 1.90. The minimum atomic E-state index is -0.682. The molecule has 0 heterocycles. The maximum absolute atomic E-state index is 10.6. The summed E-state index contributed by atoms with van der Waals surface area (Å²) < 4.78 is 0. The maximum Gasteiger partial charge on any atom is 0.303 e. The van der Waals surface area contributed by atoms with Gasteiger partial charge in [0, 0.05) is 6.42 Å². The SMILES string of the molecule is O=C(O)CC1CCC(c2ccc(O)cc2)CC1. The van der Waals surface area contributed by atoms with E-state index in [0.29, 0.717) is 24.0 Å². The van der Waals surface area contributed by atoms with E-state index in [-0.39, 0.29) is 0 Å². The highest BCUT2D eigenvalue weighted by Gasteiger charge is 2.23. The van der Waals surface area contributed by atoms with Gasteiger partial charge < -0.3 is 10.2 Å². The van der Waals surface area contributed by atoms with Crippen LogP contribution in [-0.4, -0.2) is 16.2 Å². The predicted molar refractivity (Wildman–Crippen MR) is 65.1 cm³/mol. The molecule has 1 saturated carbocycles. The lowest BCUT2D eigenvalue weighted by Gasteiger charge is -2.27. The van der Waals surface area contributed by atoms with Gasteiger partial charge in [0.2, 0.25) is 0 Å². The number of phenols is 1. The normalized spacial score (nSPS) is 24.5. The average Bonchev–Trinajstić information content (AvgIpc) is 2.30. The molecular formula is C14H18O3. The van der Waals surface area contributed by atoms with Crippen LogP contribution in [0.3, 0.4) is 0 Å². The number of hydrogen-bond donors (Lipinski definition) is 2. The van der Waals surface area contributed by atoms with Crippen LogP contribution in [0, 0.1) is 5.92 Å². The summed E-state index contributed by atoms with van der Waals surface area (Å²) in [6, 6.07) is 7.38. The fraction of sp³-hybridized carbons (Fsp3) is 0.500. The number of phenolic OH excluding ortho intramolecular Hbond substituents is 1. The molecule has 1 aliphatic rings. The lowest BCUT2D eigenvalue weighted by molar-refractivity contribution is -0.138. The summed E-state index contributed by atoms with van der Waals surface area (Å²) in [5, 5.41) is 18.0. The van der Waals surface area contributed by atoms with Crippen LogP contribution in [0.5, 0.6) is 5.75 Å². The topological polar surface area (TPSA) is 57.5 Å². The van der Waals surface area contributed by atoms with E-state index >= 15 is 0 Å². The Labute approximate surface area is 101 Å². The first-order chi connectivity index (χ1) is 8.15. The van der Waals surface area contributed by atoms with Gasteiger partial charge in [0.1, 0.15) is 5.75 Å². The molecule has 0 atom stereocenters. The Hall–Kier alpha value is -1.51. The van der Waals surface area contributed by atoms with E-state index in [0.717, 1.165) is 25.7 Å². The molecule has 92 valence electrons. The second kappa shape index (κ2) is 5.21. The largest absolute Gasteiger partial charge is 0.508 e. The van der Waals surface area contributed by atoms with Crippen LogP contribution in [0.4, 0.5) is 0 Å². The van der Waals surface area contributed by atoms with Crippen LogP contribution in [-0.2, 0) is 4.79 Å². The summed E-state index contributed by atoms with van der Waals surface area (Å²) in [7, 11) is 0. The van der Waals surface area contributed by atoms with E-state index in [4.69, 9.17) is 5.11 Å². The lowest BCUT2D eigenvalue weighted by atomic mass is 9.77. The molecule has 2 N–H and O–H groups in total. The number of carboxylic acids is 1. The van der Waals surface area contributed by atoms with Gasteiger partial charge in [-0.2, -0.15) is 0 Å². The second-order valence-electron chi connectivity index (χ2n) is 4.91. The molecule has 0 spiro atoms. The van der Waals surface area contributed by atoms with Gasteiger partial charge in [0.05, 0.1) is 0 Å². The molecule has 3 nitrogen and oxygen atoms in total. The molecule has 0 aromatic heterocycles. The van der Waals surface area contributed by atoms with Crippen LogP contribution >= 0.6 is 0 Å². The van der Waals surface area contributed by atoms with E-state index in [1.165, 1.54) is 5.56 Å². The lowest BCUT2D eigenvalue weighted by Crippen LogP contribution is -2.16. The van der Waals surface area contributed by atoms with Gasteiger partial charge in [-0.05, 0) is 55.2 Å². The predicted octanol–water partition coefficient (Wildman–Crippen LogP) is 3.14. The summed E-state index contributed by atoms with van der Waals surface area (Å²) in [6.45, 7) is 0. The van der Waals surface area contributed by atoms with E-state index in [9.17, 15) is 9.90 Å². The first-order valence-corrected chi connectivity index (χ1v) is 6.16. The standard InChI is InChI=1S/C14H18O3/c15-13-7-5-12(6-8-13)11-3-1-10(2-4-11)9-14(16)17/h5-8,10-11,15H,1-4,9H2,(H,16,17). The summed E-state index contributed by atoms with van der Waals surface area (Å²) >= 11 is 0. The Kier molecular flexibility index (Phi) is 3.67. The number of carbonyl (C=O) groups is 1. The first-order valence-electron chi connectivity index (χ1n) is 6.16. The van der Waals surface area contributed by atoms with Gasteiger partial charge in [-0.1, -0.05) is 12.1 Å². The van der Waals surface area contributed by atoms with Gasteiger partial charge >= 0.3 is 5.97 Å². The zero-order valence-corrected chi connectivity index (χ0v) is 9.80. The number of aliphatic carboxylic acids is 1. The smallest absolute Gasteiger partial charge is 0.303 e. The Morgan fingerprint density at radius 1 is 1.12 bits per heavy atom. The quantitative estimate of drug-likeness (QED) is 0.844. The van der Waals surface area contributed by atoms with Crippen molar-refractivity contribution in [1.29, 1.82) is 0 Å². The van der Waals surface area contributed by atoms with Crippen molar-refractivity contribution in [1.82, 2.24) is 0 Å². The highest BCUT2D eigenvalue weighted by Crippen LogP contribution is 2.37. The Morgan fingerprint density at radius 3 is 2.24 bits per heavy atom.